The highest BCUT2D eigenvalue weighted by Gasteiger charge is 2.13. The Labute approximate surface area is 73.2 Å². The van der Waals surface area contributed by atoms with Gasteiger partial charge in [0.05, 0.1) is 0 Å². The number of hydrogen-bond donors (Lipinski definition) is 1. The molecule has 0 saturated heterocycles. The first-order valence-corrected chi connectivity index (χ1v) is 6.43. The number of hydrogen-bond acceptors (Lipinski definition) is 2. The molecule has 2 nitrogen and oxygen atoms in total. The van der Waals surface area contributed by atoms with E-state index in [1.807, 2.05) is 25.1 Å². The third-order valence-electron chi connectivity index (χ3n) is 1.76. The Morgan fingerprint density at radius 3 is 2.33 bits per heavy atom. The SMILES string of the molecule is Cc1ccc(P(C)(C)=O)c(N)c1. The summed E-state index contributed by atoms with van der Waals surface area (Å²) >= 11 is 0. The molecule has 0 amide bonds. The molecule has 0 unspecified atom stereocenters. The molecule has 0 heterocycles. The van der Waals surface area contributed by atoms with Gasteiger partial charge in [-0.2, -0.15) is 0 Å². The van der Waals surface area contributed by atoms with Crippen LogP contribution in [0, 0.1) is 6.92 Å². The highest BCUT2D eigenvalue weighted by molar-refractivity contribution is 7.70. The van der Waals surface area contributed by atoms with Crippen LogP contribution in [0.2, 0.25) is 0 Å². The van der Waals surface area contributed by atoms with E-state index < -0.39 is 7.14 Å². The van der Waals surface area contributed by atoms with Crippen LogP contribution in [0.15, 0.2) is 18.2 Å². The van der Waals surface area contributed by atoms with Crippen LogP contribution in [0.5, 0.6) is 0 Å². The molecule has 1 rings (SSSR count). The second kappa shape index (κ2) is 2.95. The predicted molar refractivity (Wildman–Crippen MR) is 54.7 cm³/mol. The van der Waals surface area contributed by atoms with Gasteiger partial charge in [0.1, 0.15) is 7.14 Å². The van der Waals surface area contributed by atoms with E-state index in [2.05, 4.69) is 0 Å². The molecule has 0 fully saturated rings. The van der Waals surface area contributed by atoms with Gasteiger partial charge in [0.25, 0.3) is 0 Å². The van der Waals surface area contributed by atoms with Crippen LogP contribution in [0.4, 0.5) is 5.69 Å². The zero-order chi connectivity index (χ0) is 9.35. The quantitative estimate of drug-likeness (QED) is 0.533. The Kier molecular flexibility index (Phi) is 2.29. The maximum Gasteiger partial charge on any atom is 0.111 e. The Morgan fingerprint density at radius 2 is 1.92 bits per heavy atom. The lowest BCUT2D eigenvalue weighted by molar-refractivity contribution is 0.588. The lowest BCUT2D eigenvalue weighted by atomic mass is 10.2. The largest absolute Gasteiger partial charge is 0.398 e. The second-order valence-electron chi connectivity index (χ2n) is 3.41. The molecule has 0 aliphatic heterocycles. The van der Waals surface area contributed by atoms with Gasteiger partial charge in [-0.15, -0.1) is 0 Å². The Bertz CT molecular complexity index is 340. The van der Waals surface area contributed by atoms with Crippen molar-refractivity contribution in [1.82, 2.24) is 0 Å². The van der Waals surface area contributed by atoms with Crippen molar-refractivity contribution in [2.24, 2.45) is 0 Å². The van der Waals surface area contributed by atoms with E-state index in [0.29, 0.717) is 5.69 Å². The average molecular weight is 183 g/mol. The first-order valence-electron chi connectivity index (χ1n) is 3.83. The lowest BCUT2D eigenvalue weighted by Gasteiger charge is -2.10. The molecule has 0 saturated carbocycles. The first-order chi connectivity index (χ1) is 5.41. The van der Waals surface area contributed by atoms with E-state index in [4.69, 9.17) is 5.73 Å². The zero-order valence-corrected chi connectivity index (χ0v) is 8.56. The third-order valence-corrected chi connectivity index (χ3v) is 3.33. The van der Waals surface area contributed by atoms with Gasteiger partial charge < -0.3 is 10.3 Å². The predicted octanol–water partition coefficient (Wildman–Crippen LogP) is 1.83. The second-order valence-corrected chi connectivity index (χ2v) is 6.60. The lowest BCUT2D eigenvalue weighted by Crippen LogP contribution is -2.09. The van der Waals surface area contributed by atoms with Crippen LogP contribution in [-0.2, 0) is 4.57 Å². The summed E-state index contributed by atoms with van der Waals surface area (Å²) in [6.07, 6.45) is 0. The highest BCUT2D eigenvalue weighted by atomic mass is 31.2. The summed E-state index contributed by atoms with van der Waals surface area (Å²) in [7, 11) is -2.20. The van der Waals surface area contributed by atoms with E-state index in [-0.39, 0.29) is 0 Å². The number of aryl methyl sites for hydroxylation is 1. The van der Waals surface area contributed by atoms with E-state index in [1.54, 1.807) is 13.3 Å². The average Bonchev–Trinajstić information content (AvgIpc) is 1.83. The fraction of sp³-hybridized carbons (Fsp3) is 0.333. The number of anilines is 1. The van der Waals surface area contributed by atoms with Crippen LogP contribution < -0.4 is 11.0 Å². The van der Waals surface area contributed by atoms with E-state index in [1.165, 1.54) is 0 Å². The van der Waals surface area contributed by atoms with E-state index in [9.17, 15) is 4.57 Å². The fourth-order valence-electron chi connectivity index (χ4n) is 1.16. The van der Waals surface area contributed by atoms with Gasteiger partial charge in [-0.1, -0.05) is 6.07 Å². The molecule has 0 bridgehead atoms. The van der Waals surface area contributed by atoms with Crippen molar-refractivity contribution in [1.29, 1.82) is 0 Å². The van der Waals surface area contributed by atoms with Crippen molar-refractivity contribution < 1.29 is 4.57 Å². The zero-order valence-electron chi connectivity index (χ0n) is 7.66. The van der Waals surface area contributed by atoms with Crippen LogP contribution in [0.25, 0.3) is 0 Å². The molecular formula is C9H14NOP. The monoisotopic (exact) mass is 183 g/mol. The summed E-state index contributed by atoms with van der Waals surface area (Å²) in [5, 5.41) is 0.785. The molecular weight excluding hydrogens is 169 g/mol. The molecule has 0 aromatic heterocycles. The molecule has 0 atom stereocenters. The molecule has 1 aromatic carbocycles. The van der Waals surface area contributed by atoms with Crippen molar-refractivity contribution in [3.05, 3.63) is 23.8 Å². The molecule has 66 valence electrons. The number of benzene rings is 1. The van der Waals surface area contributed by atoms with Crippen molar-refractivity contribution in [3.8, 4) is 0 Å². The van der Waals surface area contributed by atoms with Crippen LogP contribution >= 0.6 is 7.14 Å². The fourth-order valence-corrected chi connectivity index (χ4v) is 2.28. The summed E-state index contributed by atoms with van der Waals surface area (Å²) in [4.78, 5) is 0. The maximum absolute atomic E-state index is 11.7. The highest BCUT2D eigenvalue weighted by Crippen LogP contribution is 2.36. The third kappa shape index (κ3) is 1.89. The van der Waals surface area contributed by atoms with Gasteiger partial charge >= 0.3 is 0 Å². The van der Waals surface area contributed by atoms with Gasteiger partial charge in [0, 0.05) is 11.0 Å². The summed E-state index contributed by atoms with van der Waals surface area (Å²) in [5.74, 6) is 0. The first kappa shape index (κ1) is 9.34. The van der Waals surface area contributed by atoms with Crippen molar-refractivity contribution in [3.63, 3.8) is 0 Å². The summed E-state index contributed by atoms with van der Waals surface area (Å²) in [6, 6.07) is 5.64. The van der Waals surface area contributed by atoms with Gasteiger partial charge in [-0.25, -0.2) is 0 Å². The van der Waals surface area contributed by atoms with E-state index >= 15 is 0 Å². The van der Waals surface area contributed by atoms with Gasteiger partial charge in [0.15, 0.2) is 0 Å². The van der Waals surface area contributed by atoms with Crippen molar-refractivity contribution in [2.75, 3.05) is 19.1 Å². The minimum atomic E-state index is -2.20. The van der Waals surface area contributed by atoms with Gasteiger partial charge in [-0.3, -0.25) is 0 Å². The van der Waals surface area contributed by atoms with Gasteiger partial charge in [-0.05, 0) is 37.9 Å². The molecule has 0 radical (unpaired) electrons. The molecule has 0 spiro atoms. The maximum atomic E-state index is 11.7. The van der Waals surface area contributed by atoms with Gasteiger partial charge in [0.2, 0.25) is 0 Å². The Hall–Kier alpha value is -0.750. The molecule has 1 aromatic rings. The van der Waals surface area contributed by atoms with Crippen LogP contribution in [-0.4, -0.2) is 13.3 Å². The smallest absolute Gasteiger partial charge is 0.111 e. The van der Waals surface area contributed by atoms with Crippen molar-refractivity contribution in [2.45, 2.75) is 6.92 Å². The summed E-state index contributed by atoms with van der Waals surface area (Å²) in [5.41, 5.74) is 7.48. The molecule has 0 aliphatic rings. The van der Waals surface area contributed by atoms with Crippen molar-refractivity contribution >= 4 is 18.1 Å². The molecule has 12 heavy (non-hydrogen) atoms. The minimum Gasteiger partial charge on any atom is -0.398 e. The molecule has 3 heteroatoms. The topological polar surface area (TPSA) is 43.1 Å². The number of nitrogens with two attached hydrogens (primary N) is 1. The summed E-state index contributed by atoms with van der Waals surface area (Å²) in [6.45, 7) is 5.43. The molecule has 2 N–H and O–H groups in total. The summed E-state index contributed by atoms with van der Waals surface area (Å²) < 4.78 is 11.7. The van der Waals surface area contributed by atoms with E-state index in [0.717, 1.165) is 10.9 Å². The number of rotatable bonds is 1. The Balaban J connectivity index is 3.28. The number of nitrogen functional groups attached to an aromatic ring is 1. The standard InChI is InChI=1S/C9H14NOP/c1-7-4-5-9(8(10)6-7)12(2,3)11/h4-6H,10H2,1-3H3. The van der Waals surface area contributed by atoms with Crippen LogP contribution in [0.1, 0.15) is 5.56 Å². The minimum absolute atomic E-state index is 0.642. The normalized spacial score (nSPS) is 11.6. The van der Waals surface area contributed by atoms with Crippen LogP contribution in [0.3, 0.4) is 0 Å². The Morgan fingerprint density at radius 1 is 1.33 bits per heavy atom. The molecule has 0 aliphatic carbocycles.